The largest absolute Gasteiger partial charge is 0.456 e. The second kappa shape index (κ2) is 7.99. The van der Waals surface area contributed by atoms with Gasteiger partial charge in [0.25, 0.3) is 0 Å². The molecule has 0 aliphatic heterocycles. The van der Waals surface area contributed by atoms with Gasteiger partial charge in [0.05, 0.1) is 0 Å². The van der Waals surface area contributed by atoms with Crippen molar-refractivity contribution in [3.8, 4) is 23.2 Å². The summed E-state index contributed by atoms with van der Waals surface area (Å²) in [5.74, 6) is 6.06. The van der Waals surface area contributed by atoms with E-state index in [1.54, 1.807) is 13.0 Å². The highest BCUT2D eigenvalue weighted by atomic mass is 16.3. The topological polar surface area (TPSA) is 30.2 Å². The van der Waals surface area contributed by atoms with Crippen LogP contribution in [0.5, 0.6) is 0 Å². The molecule has 0 fully saturated rings. The van der Waals surface area contributed by atoms with Crippen molar-refractivity contribution in [1.82, 2.24) is 0 Å². The average Bonchev–Trinajstić information content (AvgIpc) is 3.07. The lowest BCUT2D eigenvalue weighted by Gasteiger charge is -2.06. The SMILES string of the molecule is [CH2]C.[CH]=Cc1cc(-c2cc3ccccc3o2)cc(C=O)c1C#C[CH2]. The Kier molecular flexibility index (Phi) is 5.76. The van der Waals surface area contributed by atoms with Crippen LogP contribution in [0.1, 0.15) is 28.4 Å². The first kappa shape index (κ1) is 17.3. The molecule has 0 unspecified atom stereocenters. The summed E-state index contributed by atoms with van der Waals surface area (Å²) >= 11 is 0. The molecule has 2 nitrogen and oxygen atoms in total. The minimum atomic E-state index is 0.464. The van der Waals surface area contributed by atoms with Crippen molar-refractivity contribution in [2.24, 2.45) is 0 Å². The van der Waals surface area contributed by atoms with Crippen LogP contribution in [-0.2, 0) is 0 Å². The second-order valence-electron chi connectivity index (χ2n) is 4.76. The van der Waals surface area contributed by atoms with Gasteiger partial charge < -0.3 is 4.42 Å². The highest BCUT2D eigenvalue weighted by Crippen LogP contribution is 2.30. The number of furan rings is 1. The summed E-state index contributed by atoms with van der Waals surface area (Å²) in [5.41, 5.74) is 3.30. The smallest absolute Gasteiger partial charge is 0.151 e. The van der Waals surface area contributed by atoms with Crippen LogP contribution in [0.25, 0.3) is 28.4 Å². The van der Waals surface area contributed by atoms with Gasteiger partial charge in [0.1, 0.15) is 11.3 Å². The number of benzene rings is 2. The summed E-state index contributed by atoms with van der Waals surface area (Å²) in [6, 6.07) is 13.3. The fraction of sp³-hybridized carbons (Fsp3) is 0.0455. The monoisotopic (exact) mass is 313 g/mol. The summed E-state index contributed by atoms with van der Waals surface area (Å²) in [5, 5.41) is 1.00. The van der Waals surface area contributed by atoms with Gasteiger partial charge in [0.15, 0.2) is 6.29 Å². The molecule has 0 aliphatic carbocycles. The average molecular weight is 313 g/mol. The lowest BCUT2D eigenvalue weighted by atomic mass is 9.97. The Hall–Kier alpha value is -3.05. The van der Waals surface area contributed by atoms with Crippen molar-refractivity contribution in [2.45, 2.75) is 6.92 Å². The van der Waals surface area contributed by atoms with Gasteiger partial charge in [0.2, 0.25) is 0 Å². The molecule has 2 aromatic carbocycles. The number of para-hydroxylation sites is 1. The normalized spacial score (nSPS) is 9.46. The maximum atomic E-state index is 11.4. The maximum absolute atomic E-state index is 11.4. The molecule has 0 spiro atoms. The third-order valence-corrected chi connectivity index (χ3v) is 3.43. The quantitative estimate of drug-likeness (QED) is 0.480. The number of fused-ring (bicyclic) bond motifs is 1. The van der Waals surface area contributed by atoms with Crippen molar-refractivity contribution in [2.75, 3.05) is 0 Å². The van der Waals surface area contributed by atoms with Gasteiger partial charge in [-0.3, -0.25) is 4.79 Å². The Morgan fingerprint density at radius 2 is 1.83 bits per heavy atom. The predicted octanol–water partition coefficient (Wildman–Crippen LogP) is 5.38. The number of hydrogen-bond acceptors (Lipinski definition) is 2. The van der Waals surface area contributed by atoms with E-state index in [2.05, 4.69) is 25.7 Å². The number of carbonyl (C=O) groups is 1. The molecule has 24 heavy (non-hydrogen) atoms. The molecule has 117 valence electrons. The number of hydrogen-bond donors (Lipinski definition) is 0. The Bertz CT molecular complexity index is 871. The summed E-state index contributed by atoms with van der Waals surface area (Å²) in [4.78, 5) is 11.4. The summed E-state index contributed by atoms with van der Waals surface area (Å²) in [6.07, 6.45) is 2.19. The molecule has 0 saturated heterocycles. The van der Waals surface area contributed by atoms with Crippen molar-refractivity contribution in [3.63, 3.8) is 0 Å². The van der Waals surface area contributed by atoms with E-state index in [4.69, 9.17) is 11.0 Å². The fourth-order valence-electron chi connectivity index (χ4n) is 2.41. The van der Waals surface area contributed by atoms with Gasteiger partial charge in [-0.05, 0) is 29.8 Å². The van der Waals surface area contributed by atoms with Gasteiger partial charge in [-0.1, -0.05) is 56.5 Å². The molecule has 1 heterocycles. The van der Waals surface area contributed by atoms with Crippen LogP contribution in [0.3, 0.4) is 0 Å². The number of rotatable bonds is 3. The van der Waals surface area contributed by atoms with Crippen LogP contribution in [-0.4, -0.2) is 6.29 Å². The minimum Gasteiger partial charge on any atom is -0.456 e. The van der Waals surface area contributed by atoms with E-state index < -0.39 is 0 Å². The molecule has 0 bridgehead atoms. The highest BCUT2D eigenvalue weighted by molar-refractivity contribution is 5.88. The Labute approximate surface area is 142 Å². The third-order valence-electron chi connectivity index (χ3n) is 3.43. The Balaban J connectivity index is 0.00000100. The molecule has 0 saturated carbocycles. The molecule has 0 atom stereocenters. The van der Waals surface area contributed by atoms with Crippen LogP contribution in [0.2, 0.25) is 0 Å². The van der Waals surface area contributed by atoms with E-state index in [-0.39, 0.29) is 0 Å². The zero-order chi connectivity index (χ0) is 17.5. The zero-order valence-electron chi connectivity index (χ0n) is 13.5. The fourth-order valence-corrected chi connectivity index (χ4v) is 2.41. The standard InChI is InChI=1S/C20H12O2.C2H5/c1-3-7-18-14(4-2)10-16(11-17(18)13-21)20-12-15-8-5-6-9-19(15)22-20;1-2/h2,4-6,8-13H,1H2;1H2,2H3. The molecule has 2 heteroatoms. The van der Waals surface area contributed by atoms with Gasteiger partial charge in [-0.2, -0.15) is 0 Å². The molecule has 0 aliphatic rings. The third kappa shape index (κ3) is 3.31. The van der Waals surface area contributed by atoms with E-state index in [0.29, 0.717) is 22.5 Å². The van der Waals surface area contributed by atoms with Crippen LogP contribution < -0.4 is 0 Å². The first-order valence-corrected chi connectivity index (χ1v) is 7.42. The van der Waals surface area contributed by atoms with Gasteiger partial charge >= 0.3 is 0 Å². The first-order valence-electron chi connectivity index (χ1n) is 7.42. The molecule has 3 aromatic rings. The van der Waals surface area contributed by atoms with Gasteiger partial charge in [0, 0.05) is 29.0 Å². The summed E-state index contributed by atoms with van der Waals surface area (Å²) < 4.78 is 5.83. The summed E-state index contributed by atoms with van der Waals surface area (Å²) in [6.45, 7) is 14.2. The van der Waals surface area contributed by atoms with Crippen molar-refractivity contribution < 1.29 is 9.21 Å². The predicted molar refractivity (Wildman–Crippen MR) is 99.1 cm³/mol. The van der Waals surface area contributed by atoms with Crippen molar-refractivity contribution in [3.05, 3.63) is 79.6 Å². The van der Waals surface area contributed by atoms with Gasteiger partial charge in [-0.25, -0.2) is 0 Å². The van der Waals surface area contributed by atoms with E-state index in [1.807, 2.05) is 36.4 Å². The van der Waals surface area contributed by atoms with E-state index in [0.717, 1.165) is 22.8 Å². The van der Waals surface area contributed by atoms with Crippen LogP contribution in [0.15, 0.2) is 46.9 Å². The summed E-state index contributed by atoms with van der Waals surface area (Å²) in [7, 11) is 0. The van der Waals surface area contributed by atoms with E-state index in [9.17, 15) is 4.79 Å². The molecular weight excluding hydrogens is 296 g/mol. The minimum absolute atomic E-state index is 0.464. The highest BCUT2D eigenvalue weighted by Gasteiger charge is 2.11. The van der Waals surface area contributed by atoms with E-state index in [1.165, 1.54) is 6.08 Å². The molecular formula is C22H17O2. The molecule has 3 rings (SSSR count). The lowest BCUT2D eigenvalue weighted by molar-refractivity contribution is 0.112. The molecule has 0 amide bonds. The Morgan fingerprint density at radius 3 is 2.46 bits per heavy atom. The number of carbonyl (C=O) groups excluding carboxylic acids is 1. The van der Waals surface area contributed by atoms with E-state index >= 15 is 0 Å². The van der Waals surface area contributed by atoms with Crippen molar-refractivity contribution in [1.29, 1.82) is 0 Å². The van der Waals surface area contributed by atoms with Crippen LogP contribution >= 0.6 is 0 Å². The van der Waals surface area contributed by atoms with Crippen molar-refractivity contribution >= 4 is 23.3 Å². The molecule has 0 N–H and O–H groups in total. The number of aldehydes is 1. The van der Waals surface area contributed by atoms with Crippen LogP contribution in [0.4, 0.5) is 0 Å². The molecule has 3 radical (unpaired) electrons. The lowest BCUT2D eigenvalue weighted by Crippen LogP contribution is -1.93. The first-order chi connectivity index (χ1) is 11.8. The molecule has 1 aromatic heterocycles. The van der Waals surface area contributed by atoms with Crippen LogP contribution in [0, 0.1) is 32.3 Å². The second-order valence-corrected chi connectivity index (χ2v) is 4.76. The van der Waals surface area contributed by atoms with Gasteiger partial charge in [-0.15, -0.1) is 0 Å². The zero-order valence-corrected chi connectivity index (χ0v) is 13.5. The maximum Gasteiger partial charge on any atom is 0.151 e. The Morgan fingerprint density at radius 1 is 1.12 bits per heavy atom.